The van der Waals surface area contributed by atoms with E-state index in [9.17, 15) is 0 Å². The Hall–Kier alpha value is -0.0800. The molecule has 0 aliphatic carbocycles. The fraction of sp³-hybridized carbons (Fsp3) is 1.00. The van der Waals surface area contributed by atoms with E-state index in [1.165, 1.54) is 83.5 Å². The summed E-state index contributed by atoms with van der Waals surface area (Å²) in [5.41, 5.74) is 5.63. The van der Waals surface area contributed by atoms with Crippen LogP contribution in [0.5, 0.6) is 0 Å². The van der Waals surface area contributed by atoms with Crippen LogP contribution in [0.3, 0.4) is 0 Å². The molecule has 0 aromatic carbocycles. The molecule has 1 unspecified atom stereocenters. The molecular formula is C17H38N2. The standard InChI is InChI=1S/C17H38N2/c1-3-4-5-6-7-8-9-10-11-12-13-14-15-16-19-17(2)18/h17,19H,3-16,18H2,1-2H3. The monoisotopic (exact) mass is 270 g/mol. The summed E-state index contributed by atoms with van der Waals surface area (Å²) in [5, 5.41) is 3.26. The fourth-order valence-electron chi connectivity index (χ4n) is 2.47. The summed E-state index contributed by atoms with van der Waals surface area (Å²) < 4.78 is 0. The van der Waals surface area contributed by atoms with Crippen LogP contribution in [-0.4, -0.2) is 12.7 Å². The van der Waals surface area contributed by atoms with E-state index < -0.39 is 0 Å². The van der Waals surface area contributed by atoms with Gasteiger partial charge in [0.25, 0.3) is 0 Å². The molecule has 0 rings (SSSR count). The highest BCUT2D eigenvalue weighted by molar-refractivity contribution is 4.53. The van der Waals surface area contributed by atoms with Gasteiger partial charge in [-0.3, -0.25) is 0 Å². The predicted molar refractivity (Wildman–Crippen MR) is 87.3 cm³/mol. The molecular weight excluding hydrogens is 232 g/mol. The Labute approximate surface area is 121 Å². The summed E-state index contributed by atoms with van der Waals surface area (Å²) in [6.07, 6.45) is 18.6. The molecule has 0 heterocycles. The van der Waals surface area contributed by atoms with Gasteiger partial charge in [0.05, 0.1) is 6.17 Å². The molecule has 2 heteroatoms. The molecule has 0 saturated carbocycles. The summed E-state index contributed by atoms with van der Waals surface area (Å²) in [4.78, 5) is 0. The van der Waals surface area contributed by atoms with Crippen LogP contribution in [0.4, 0.5) is 0 Å². The number of hydrogen-bond donors (Lipinski definition) is 2. The van der Waals surface area contributed by atoms with Gasteiger partial charge in [0, 0.05) is 0 Å². The third-order valence-corrected chi connectivity index (χ3v) is 3.75. The zero-order chi connectivity index (χ0) is 14.2. The van der Waals surface area contributed by atoms with Crippen molar-refractivity contribution in [1.29, 1.82) is 0 Å². The SMILES string of the molecule is CCCCCCCCCCCCCCCNC(C)N. The lowest BCUT2D eigenvalue weighted by atomic mass is 10.0. The molecule has 0 saturated heterocycles. The third-order valence-electron chi connectivity index (χ3n) is 3.75. The second-order valence-electron chi connectivity index (χ2n) is 5.99. The summed E-state index contributed by atoms with van der Waals surface area (Å²) in [6.45, 7) is 5.37. The van der Waals surface area contributed by atoms with Gasteiger partial charge in [0.2, 0.25) is 0 Å². The van der Waals surface area contributed by atoms with Gasteiger partial charge in [-0.25, -0.2) is 0 Å². The molecule has 0 aromatic rings. The molecule has 0 spiro atoms. The van der Waals surface area contributed by atoms with Crippen LogP contribution in [0.15, 0.2) is 0 Å². The number of hydrogen-bond acceptors (Lipinski definition) is 2. The van der Waals surface area contributed by atoms with Gasteiger partial charge < -0.3 is 11.1 Å². The van der Waals surface area contributed by atoms with Crippen molar-refractivity contribution in [3.8, 4) is 0 Å². The normalized spacial score (nSPS) is 12.8. The maximum Gasteiger partial charge on any atom is 0.0517 e. The van der Waals surface area contributed by atoms with Crippen LogP contribution in [0.1, 0.15) is 97.3 Å². The molecule has 0 fully saturated rings. The van der Waals surface area contributed by atoms with Crippen molar-refractivity contribution >= 4 is 0 Å². The number of nitrogens with two attached hydrogens (primary N) is 1. The van der Waals surface area contributed by atoms with Gasteiger partial charge in [-0.05, 0) is 19.9 Å². The van der Waals surface area contributed by atoms with Crippen LogP contribution in [0, 0.1) is 0 Å². The first kappa shape index (κ1) is 18.9. The minimum Gasteiger partial charge on any atom is -0.316 e. The summed E-state index contributed by atoms with van der Waals surface area (Å²) >= 11 is 0. The molecule has 0 aliphatic heterocycles. The van der Waals surface area contributed by atoms with E-state index in [-0.39, 0.29) is 6.17 Å². The Kier molecular flexibility index (Phi) is 15.9. The molecule has 19 heavy (non-hydrogen) atoms. The van der Waals surface area contributed by atoms with Crippen molar-refractivity contribution in [2.24, 2.45) is 5.73 Å². The Bertz CT molecular complexity index is 157. The fourth-order valence-corrected chi connectivity index (χ4v) is 2.47. The zero-order valence-corrected chi connectivity index (χ0v) is 13.6. The average Bonchev–Trinajstić information content (AvgIpc) is 2.39. The van der Waals surface area contributed by atoms with E-state index >= 15 is 0 Å². The molecule has 0 aliphatic rings. The Morgan fingerprint density at radius 3 is 1.42 bits per heavy atom. The smallest absolute Gasteiger partial charge is 0.0517 e. The maximum atomic E-state index is 5.63. The van der Waals surface area contributed by atoms with Crippen molar-refractivity contribution in [3.05, 3.63) is 0 Å². The lowest BCUT2D eigenvalue weighted by Gasteiger charge is -2.07. The third kappa shape index (κ3) is 17.9. The summed E-state index contributed by atoms with van der Waals surface area (Å²) in [5.74, 6) is 0. The lowest BCUT2D eigenvalue weighted by Crippen LogP contribution is -2.34. The second-order valence-corrected chi connectivity index (χ2v) is 5.99. The van der Waals surface area contributed by atoms with Crippen molar-refractivity contribution in [3.63, 3.8) is 0 Å². The molecule has 0 radical (unpaired) electrons. The van der Waals surface area contributed by atoms with E-state index in [0.29, 0.717) is 0 Å². The van der Waals surface area contributed by atoms with Gasteiger partial charge in [-0.15, -0.1) is 0 Å². The molecule has 116 valence electrons. The average molecular weight is 271 g/mol. The van der Waals surface area contributed by atoms with E-state index in [0.717, 1.165) is 6.54 Å². The molecule has 0 bridgehead atoms. The van der Waals surface area contributed by atoms with Gasteiger partial charge in [-0.1, -0.05) is 84.0 Å². The predicted octanol–water partition coefficient (Wildman–Crippen LogP) is 4.97. The van der Waals surface area contributed by atoms with Gasteiger partial charge in [0.1, 0.15) is 0 Å². The van der Waals surface area contributed by atoms with Crippen LogP contribution in [0.2, 0.25) is 0 Å². The van der Waals surface area contributed by atoms with E-state index in [4.69, 9.17) is 5.73 Å². The van der Waals surface area contributed by atoms with E-state index in [1.54, 1.807) is 0 Å². The molecule has 2 nitrogen and oxygen atoms in total. The summed E-state index contributed by atoms with van der Waals surface area (Å²) in [7, 11) is 0. The first-order valence-electron chi connectivity index (χ1n) is 8.76. The maximum absolute atomic E-state index is 5.63. The topological polar surface area (TPSA) is 38.0 Å². The van der Waals surface area contributed by atoms with Gasteiger partial charge in [0.15, 0.2) is 0 Å². The van der Waals surface area contributed by atoms with E-state index in [2.05, 4.69) is 12.2 Å². The molecule has 0 aromatic heterocycles. The minimum atomic E-state index is 0.150. The molecule has 0 amide bonds. The van der Waals surface area contributed by atoms with Crippen molar-refractivity contribution in [1.82, 2.24) is 5.32 Å². The highest BCUT2D eigenvalue weighted by Gasteiger charge is 1.94. The highest BCUT2D eigenvalue weighted by Crippen LogP contribution is 2.12. The van der Waals surface area contributed by atoms with Gasteiger partial charge >= 0.3 is 0 Å². The molecule has 3 N–H and O–H groups in total. The Morgan fingerprint density at radius 1 is 0.684 bits per heavy atom. The Balaban J connectivity index is 2.91. The van der Waals surface area contributed by atoms with Crippen LogP contribution < -0.4 is 11.1 Å². The summed E-state index contributed by atoms with van der Waals surface area (Å²) in [6, 6.07) is 0. The first-order valence-corrected chi connectivity index (χ1v) is 8.76. The quantitative estimate of drug-likeness (QED) is 0.325. The molecule has 1 atom stereocenters. The van der Waals surface area contributed by atoms with Gasteiger partial charge in [-0.2, -0.15) is 0 Å². The van der Waals surface area contributed by atoms with E-state index in [1.807, 2.05) is 6.92 Å². The number of nitrogens with one attached hydrogen (secondary N) is 1. The number of unbranched alkanes of at least 4 members (excludes halogenated alkanes) is 12. The van der Waals surface area contributed by atoms with Crippen LogP contribution in [0.25, 0.3) is 0 Å². The number of rotatable bonds is 15. The van der Waals surface area contributed by atoms with Crippen LogP contribution in [-0.2, 0) is 0 Å². The lowest BCUT2D eigenvalue weighted by molar-refractivity contribution is 0.512. The van der Waals surface area contributed by atoms with Crippen molar-refractivity contribution in [2.75, 3.05) is 6.54 Å². The zero-order valence-electron chi connectivity index (χ0n) is 13.6. The largest absolute Gasteiger partial charge is 0.316 e. The second kappa shape index (κ2) is 16.0. The Morgan fingerprint density at radius 2 is 1.05 bits per heavy atom. The first-order chi connectivity index (χ1) is 9.27. The van der Waals surface area contributed by atoms with Crippen LogP contribution >= 0.6 is 0 Å². The minimum absolute atomic E-state index is 0.150. The van der Waals surface area contributed by atoms with Crippen molar-refractivity contribution in [2.45, 2.75) is 103 Å². The van der Waals surface area contributed by atoms with Crippen molar-refractivity contribution < 1.29 is 0 Å². The highest BCUT2D eigenvalue weighted by atomic mass is 15.0.